The summed E-state index contributed by atoms with van der Waals surface area (Å²) < 4.78 is 50.2. The molecule has 0 aliphatic carbocycles. The molecule has 0 saturated carbocycles. The number of halogens is 3. The standard InChI is InChI=1S/C26H23F3N2O6S/c1-24(2,3)37-20(32)12-25(23(35)36-4)16-8-6-5-7-15(16)21(33)31(22(25)34)13-19-30-17-11-14(26(27,28)29)9-10-18(17)38-19/h5-11H,12-13H2,1-4H3. The van der Waals surface area contributed by atoms with Gasteiger partial charge in [0.05, 0.1) is 35.9 Å². The summed E-state index contributed by atoms with van der Waals surface area (Å²) in [5.74, 6) is -3.68. The smallest absolute Gasteiger partial charge is 0.416 e. The Morgan fingerprint density at radius 1 is 1.08 bits per heavy atom. The Balaban J connectivity index is 1.80. The molecule has 1 aliphatic heterocycles. The zero-order valence-corrected chi connectivity index (χ0v) is 21.7. The zero-order chi connectivity index (χ0) is 28.0. The van der Waals surface area contributed by atoms with Gasteiger partial charge in [0.2, 0.25) is 0 Å². The number of amides is 2. The summed E-state index contributed by atoms with van der Waals surface area (Å²) in [6.07, 6.45) is -5.30. The predicted molar refractivity (Wildman–Crippen MR) is 130 cm³/mol. The van der Waals surface area contributed by atoms with Crippen LogP contribution in [0.1, 0.15) is 53.7 Å². The summed E-state index contributed by atoms with van der Waals surface area (Å²) in [5.41, 5.74) is -3.98. The van der Waals surface area contributed by atoms with Gasteiger partial charge >= 0.3 is 18.1 Å². The third-order valence-electron chi connectivity index (χ3n) is 5.89. The molecular weight excluding hydrogens is 525 g/mol. The molecule has 0 N–H and O–H groups in total. The van der Waals surface area contributed by atoms with Crippen LogP contribution in [0.25, 0.3) is 10.2 Å². The molecule has 200 valence electrons. The van der Waals surface area contributed by atoms with Gasteiger partial charge in [0, 0.05) is 5.56 Å². The van der Waals surface area contributed by atoms with Crippen molar-refractivity contribution in [1.29, 1.82) is 0 Å². The second-order valence-electron chi connectivity index (χ2n) is 9.69. The van der Waals surface area contributed by atoms with E-state index in [9.17, 15) is 32.3 Å². The maximum atomic E-state index is 14.0. The number of methoxy groups -OCH3 is 1. The van der Waals surface area contributed by atoms with Crippen LogP contribution >= 0.6 is 11.3 Å². The lowest BCUT2D eigenvalue weighted by Crippen LogP contribution is -2.59. The molecule has 4 rings (SSSR count). The number of nitrogens with zero attached hydrogens (tertiary/aromatic N) is 2. The van der Waals surface area contributed by atoms with E-state index < -0.39 is 59.5 Å². The number of carbonyl (C=O) groups excluding carboxylic acids is 4. The minimum absolute atomic E-state index is 0.00141. The van der Waals surface area contributed by atoms with E-state index in [0.29, 0.717) is 4.70 Å². The summed E-state index contributed by atoms with van der Waals surface area (Å²) in [5, 5.41) is 0.163. The lowest BCUT2D eigenvalue weighted by molar-refractivity contribution is -0.167. The van der Waals surface area contributed by atoms with Crippen molar-refractivity contribution in [2.45, 2.75) is 50.9 Å². The van der Waals surface area contributed by atoms with Crippen LogP contribution in [-0.2, 0) is 42.0 Å². The van der Waals surface area contributed by atoms with Gasteiger partial charge in [0.25, 0.3) is 11.8 Å². The minimum atomic E-state index is -4.57. The van der Waals surface area contributed by atoms with Crippen LogP contribution < -0.4 is 0 Å². The third-order valence-corrected chi connectivity index (χ3v) is 6.91. The molecular formula is C26H23F3N2O6S. The molecule has 2 aromatic carbocycles. The first-order valence-corrected chi connectivity index (χ1v) is 12.2. The number of esters is 2. The SMILES string of the molecule is COC(=O)C1(CC(=O)OC(C)(C)C)C(=O)N(Cc2nc3cc(C(F)(F)F)ccc3s2)C(=O)c2ccccc21. The van der Waals surface area contributed by atoms with Gasteiger partial charge in [-0.2, -0.15) is 13.2 Å². The van der Waals surface area contributed by atoms with Crippen molar-refractivity contribution < 1.29 is 41.8 Å². The van der Waals surface area contributed by atoms with E-state index in [4.69, 9.17) is 9.47 Å². The van der Waals surface area contributed by atoms with Gasteiger partial charge in [-0.25, -0.2) is 4.98 Å². The van der Waals surface area contributed by atoms with Crippen molar-refractivity contribution in [2.75, 3.05) is 7.11 Å². The Bertz CT molecular complexity index is 1460. The topological polar surface area (TPSA) is 103 Å². The van der Waals surface area contributed by atoms with Gasteiger partial charge in [-0.1, -0.05) is 18.2 Å². The molecule has 1 aromatic heterocycles. The summed E-state index contributed by atoms with van der Waals surface area (Å²) in [7, 11) is 1.06. The van der Waals surface area contributed by atoms with Gasteiger partial charge in [-0.15, -0.1) is 11.3 Å². The predicted octanol–water partition coefficient (Wildman–Crippen LogP) is 4.64. The Morgan fingerprint density at radius 2 is 1.76 bits per heavy atom. The fourth-order valence-electron chi connectivity index (χ4n) is 4.33. The van der Waals surface area contributed by atoms with E-state index in [-0.39, 0.29) is 21.7 Å². The highest BCUT2D eigenvalue weighted by molar-refractivity contribution is 7.18. The van der Waals surface area contributed by atoms with E-state index in [0.717, 1.165) is 35.5 Å². The van der Waals surface area contributed by atoms with Gasteiger partial charge in [-0.05, 0) is 50.6 Å². The van der Waals surface area contributed by atoms with Crippen LogP contribution in [-0.4, -0.2) is 46.3 Å². The first kappa shape index (κ1) is 27.2. The monoisotopic (exact) mass is 548 g/mol. The highest BCUT2D eigenvalue weighted by atomic mass is 32.1. The Morgan fingerprint density at radius 3 is 2.39 bits per heavy atom. The number of hydrogen-bond acceptors (Lipinski definition) is 8. The van der Waals surface area contributed by atoms with E-state index in [1.165, 1.54) is 30.3 Å². The van der Waals surface area contributed by atoms with Gasteiger partial charge in [0.1, 0.15) is 10.6 Å². The molecule has 0 saturated heterocycles. The summed E-state index contributed by atoms with van der Waals surface area (Å²) in [6, 6.07) is 8.93. The molecule has 0 fully saturated rings. The number of imide groups is 1. The molecule has 8 nitrogen and oxygen atoms in total. The number of benzene rings is 2. The van der Waals surface area contributed by atoms with Crippen LogP contribution in [0.2, 0.25) is 0 Å². The number of fused-ring (bicyclic) bond motifs is 2. The van der Waals surface area contributed by atoms with Gasteiger partial charge in [-0.3, -0.25) is 24.1 Å². The fraction of sp³-hybridized carbons (Fsp3) is 0.346. The Labute approximate surface area is 219 Å². The molecule has 0 spiro atoms. The van der Waals surface area contributed by atoms with Crippen molar-refractivity contribution in [3.8, 4) is 0 Å². The first-order chi connectivity index (χ1) is 17.7. The van der Waals surface area contributed by atoms with E-state index in [1.54, 1.807) is 20.8 Å². The highest BCUT2D eigenvalue weighted by Crippen LogP contribution is 2.41. The number of thiazole rings is 1. The molecule has 0 bridgehead atoms. The van der Waals surface area contributed by atoms with Crippen LogP contribution in [0, 0.1) is 0 Å². The molecule has 2 heterocycles. The fourth-order valence-corrected chi connectivity index (χ4v) is 5.27. The van der Waals surface area contributed by atoms with Crippen LogP contribution in [0.4, 0.5) is 13.2 Å². The lowest BCUT2D eigenvalue weighted by Gasteiger charge is -2.39. The van der Waals surface area contributed by atoms with Crippen LogP contribution in [0.5, 0.6) is 0 Å². The number of ether oxygens (including phenoxy) is 2. The van der Waals surface area contributed by atoms with Crippen molar-refractivity contribution in [2.24, 2.45) is 0 Å². The average Bonchev–Trinajstić information content (AvgIpc) is 3.24. The molecule has 1 aliphatic rings. The lowest BCUT2D eigenvalue weighted by atomic mass is 9.71. The molecule has 3 aromatic rings. The van der Waals surface area contributed by atoms with E-state index >= 15 is 0 Å². The van der Waals surface area contributed by atoms with Crippen molar-refractivity contribution >= 4 is 45.3 Å². The van der Waals surface area contributed by atoms with Crippen molar-refractivity contribution in [3.05, 3.63) is 64.2 Å². The molecule has 1 atom stereocenters. The Kier molecular flexibility index (Phi) is 6.81. The highest BCUT2D eigenvalue weighted by Gasteiger charge is 2.58. The van der Waals surface area contributed by atoms with E-state index in [1.807, 2.05) is 0 Å². The summed E-state index contributed by atoms with van der Waals surface area (Å²) in [6.45, 7) is 4.44. The number of alkyl halides is 3. The van der Waals surface area contributed by atoms with Crippen LogP contribution in [0.15, 0.2) is 42.5 Å². The number of rotatable bonds is 5. The zero-order valence-electron chi connectivity index (χ0n) is 20.8. The third kappa shape index (κ3) is 4.87. The van der Waals surface area contributed by atoms with Gasteiger partial charge in [0.15, 0.2) is 5.41 Å². The number of carbonyl (C=O) groups is 4. The molecule has 38 heavy (non-hydrogen) atoms. The molecule has 2 amide bonds. The average molecular weight is 549 g/mol. The number of aromatic nitrogens is 1. The normalized spacial score (nSPS) is 17.9. The minimum Gasteiger partial charge on any atom is -0.468 e. The molecule has 1 unspecified atom stereocenters. The molecule has 12 heteroatoms. The largest absolute Gasteiger partial charge is 0.468 e. The Hall–Kier alpha value is -3.80. The van der Waals surface area contributed by atoms with Crippen molar-refractivity contribution in [1.82, 2.24) is 9.88 Å². The maximum absolute atomic E-state index is 14.0. The van der Waals surface area contributed by atoms with Crippen LogP contribution in [0.3, 0.4) is 0 Å². The molecule has 0 radical (unpaired) electrons. The number of hydrogen-bond donors (Lipinski definition) is 0. The maximum Gasteiger partial charge on any atom is 0.416 e. The second kappa shape index (κ2) is 9.50. The quantitative estimate of drug-likeness (QED) is 0.260. The summed E-state index contributed by atoms with van der Waals surface area (Å²) >= 11 is 0.999. The van der Waals surface area contributed by atoms with Gasteiger partial charge < -0.3 is 9.47 Å². The summed E-state index contributed by atoms with van der Waals surface area (Å²) in [4.78, 5) is 58.5. The van der Waals surface area contributed by atoms with Crippen molar-refractivity contribution in [3.63, 3.8) is 0 Å². The van der Waals surface area contributed by atoms with E-state index in [2.05, 4.69) is 4.98 Å². The second-order valence-corrected chi connectivity index (χ2v) is 10.8. The first-order valence-electron chi connectivity index (χ1n) is 11.4.